The third-order valence-corrected chi connectivity index (χ3v) is 5.93. The molecule has 0 saturated carbocycles. The number of Topliss-reactive ketones (excluding diaryl/α,β-unsaturated/α-hetero) is 2. The Labute approximate surface area is 169 Å². The number of hydrogen-bond acceptors (Lipinski definition) is 6. The van der Waals surface area contributed by atoms with Crippen molar-refractivity contribution in [3.8, 4) is 0 Å². The lowest BCUT2D eigenvalue weighted by Crippen LogP contribution is -2.40. The lowest BCUT2D eigenvalue weighted by Gasteiger charge is -2.43. The Balaban J connectivity index is 1.93. The van der Waals surface area contributed by atoms with Gasteiger partial charge < -0.3 is 9.64 Å². The van der Waals surface area contributed by atoms with Crippen LogP contribution in [0.1, 0.15) is 56.9 Å². The number of ether oxygens (including phenoxy) is 1. The maximum absolute atomic E-state index is 13.0. The number of carbonyl (C=O) groups excluding carboxylic acids is 2. The van der Waals surface area contributed by atoms with E-state index in [9.17, 15) is 19.7 Å². The fraction of sp³-hybridized carbons (Fsp3) is 0.455. The Morgan fingerprint density at radius 1 is 1.07 bits per heavy atom. The third kappa shape index (κ3) is 3.40. The Hall–Kier alpha value is -2.80. The maximum atomic E-state index is 13.0. The Morgan fingerprint density at radius 3 is 2.24 bits per heavy atom. The molecule has 0 unspecified atom stereocenters. The molecule has 0 bridgehead atoms. The Morgan fingerprint density at radius 2 is 1.69 bits per heavy atom. The van der Waals surface area contributed by atoms with E-state index in [0.717, 1.165) is 37.1 Å². The highest BCUT2D eigenvalue weighted by Crippen LogP contribution is 2.49. The maximum Gasteiger partial charge on any atom is 0.269 e. The summed E-state index contributed by atoms with van der Waals surface area (Å²) in [6.45, 7) is 2.77. The van der Waals surface area contributed by atoms with E-state index in [1.807, 2.05) is 11.8 Å². The van der Waals surface area contributed by atoms with Crippen molar-refractivity contribution in [2.24, 2.45) is 0 Å². The van der Waals surface area contributed by atoms with E-state index >= 15 is 0 Å². The van der Waals surface area contributed by atoms with E-state index in [2.05, 4.69) is 0 Å². The standard InChI is InChI=1S/C22H24N2O5/c1-2-29-13-23-16-8-4-10-18(25)21(16)20(22-17(23)9-5-11-19(22)26)14-6-3-7-15(12-14)24(27)28/h3,6-7,12,20H,2,4-5,8-11,13H2,1H3. The van der Waals surface area contributed by atoms with Crippen molar-refractivity contribution in [1.29, 1.82) is 0 Å². The Kier molecular flexibility index (Phi) is 5.32. The van der Waals surface area contributed by atoms with E-state index < -0.39 is 10.8 Å². The van der Waals surface area contributed by atoms with Crippen molar-refractivity contribution >= 4 is 17.3 Å². The third-order valence-electron chi connectivity index (χ3n) is 5.93. The molecule has 0 atom stereocenters. The number of nitro benzene ring substituents is 1. The second kappa shape index (κ2) is 7.91. The zero-order valence-electron chi connectivity index (χ0n) is 16.5. The van der Waals surface area contributed by atoms with Crippen LogP contribution >= 0.6 is 0 Å². The van der Waals surface area contributed by atoms with E-state index in [4.69, 9.17) is 4.74 Å². The van der Waals surface area contributed by atoms with Gasteiger partial charge in [0.15, 0.2) is 11.6 Å². The lowest BCUT2D eigenvalue weighted by atomic mass is 9.71. The molecule has 0 spiro atoms. The summed E-state index contributed by atoms with van der Waals surface area (Å²) in [4.78, 5) is 39.0. The summed E-state index contributed by atoms with van der Waals surface area (Å²) in [7, 11) is 0. The average Bonchev–Trinajstić information content (AvgIpc) is 2.72. The van der Waals surface area contributed by atoms with Gasteiger partial charge in [0, 0.05) is 60.0 Å². The molecule has 1 aromatic rings. The summed E-state index contributed by atoms with van der Waals surface area (Å²) in [6.07, 6.45) is 3.87. The molecular weight excluding hydrogens is 372 g/mol. The minimum atomic E-state index is -0.529. The number of nitro groups is 1. The van der Waals surface area contributed by atoms with Gasteiger partial charge in [-0.25, -0.2) is 0 Å². The van der Waals surface area contributed by atoms with Crippen LogP contribution in [0, 0.1) is 10.1 Å². The smallest absolute Gasteiger partial charge is 0.269 e. The predicted octanol–water partition coefficient (Wildman–Crippen LogP) is 4.00. The highest BCUT2D eigenvalue weighted by molar-refractivity contribution is 6.06. The molecule has 152 valence electrons. The normalized spacial score (nSPS) is 20.1. The number of ketones is 2. The first kappa shape index (κ1) is 19.5. The highest BCUT2D eigenvalue weighted by atomic mass is 16.6. The fourth-order valence-corrected chi connectivity index (χ4v) is 4.71. The van der Waals surface area contributed by atoms with Gasteiger partial charge in [0.25, 0.3) is 5.69 Å². The second-order valence-corrected chi connectivity index (χ2v) is 7.61. The molecule has 0 N–H and O–H groups in total. The van der Waals surface area contributed by atoms with Crippen LogP contribution in [0.3, 0.4) is 0 Å². The predicted molar refractivity (Wildman–Crippen MR) is 106 cm³/mol. The number of rotatable bonds is 5. The van der Waals surface area contributed by atoms with Crippen molar-refractivity contribution < 1.29 is 19.2 Å². The van der Waals surface area contributed by atoms with Gasteiger partial charge in [-0.15, -0.1) is 0 Å². The summed E-state index contributed by atoms with van der Waals surface area (Å²) >= 11 is 0. The van der Waals surface area contributed by atoms with E-state index in [1.54, 1.807) is 12.1 Å². The Bertz CT molecular complexity index is 902. The van der Waals surface area contributed by atoms with Crippen molar-refractivity contribution in [1.82, 2.24) is 4.90 Å². The average molecular weight is 396 g/mol. The molecule has 1 heterocycles. The van der Waals surface area contributed by atoms with Crippen LogP contribution in [-0.4, -0.2) is 34.7 Å². The minimum Gasteiger partial charge on any atom is -0.361 e. The van der Waals surface area contributed by atoms with Crippen LogP contribution in [0.4, 0.5) is 5.69 Å². The van der Waals surface area contributed by atoms with Gasteiger partial charge in [-0.3, -0.25) is 19.7 Å². The number of benzene rings is 1. The molecule has 0 radical (unpaired) electrons. The number of hydrogen-bond donors (Lipinski definition) is 0. The van der Waals surface area contributed by atoms with Crippen LogP contribution in [-0.2, 0) is 14.3 Å². The lowest BCUT2D eigenvalue weighted by molar-refractivity contribution is -0.384. The first-order valence-corrected chi connectivity index (χ1v) is 10.1. The van der Waals surface area contributed by atoms with Gasteiger partial charge >= 0.3 is 0 Å². The molecule has 0 fully saturated rings. The number of carbonyl (C=O) groups is 2. The minimum absolute atomic E-state index is 0.0224. The van der Waals surface area contributed by atoms with Crippen LogP contribution in [0.15, 0.2) is 46.8 Å². The molecule has 29 heavy (non-hydrogen) atoms. The molecule has 0 saturated heterocycles. The van der Waals surface area contributed by atoms with Gasteiger partial charge in [-0.1, -0.05) is 12.1 Å². The molecular formula is C22H24N2O5. The monoisotopic (exact) mass is 396 g/mol. The molecule has 3 aliphatic rings. The molecule has 4 rings (SSSR count). The molecule has 7 heteroatoms. The van der Waals surface area contributed by atoms with E-state index in [-0.39, 0.29) is 17.3 Å². The highest BCUT2D eigenvalue weighted by Gasteiger charge is 2.43. The molecule has 0 amide bonds. The summed E-state index contributed by atoms with van der Waals surface area (Å²) < 4.78 is 5.68. The first-order chi connectivity index (χ1) is 14.0. The number of nitrogens with zero attached hydrogens (tertiary/aromatic N) is 2. The van der Waals surface area contributed by atoms with Gasteiger partial charge in [-0.2, -0.15) is 0 Å². The van der Waals surface area contributed by atoms with Crippen molar-refractivity contribution in [2.45, 2.75) is 51.4 Å². The molecule has 7 nitrogen and oxygen atoms in total. The van der Waals surface area contributed by atoms with Crippen LogP contribution in [0.25, 0.3) is 0 Å². The number of allylic oxidation sites excluding steroid dienone is 4. The second-order valence-electron chi connectivity index (χ2n) is 7.61. The van der Waals surface area contributed by atoms with Crippen molar-refractivity contribution in [3.63, 3.8) is 0 Å². The largest absolute Gasteiger partial charge is 0.361 e. The molecule has 1 aliphatic heterocycles. The van der Waals surface area contributed by atoms with Crippen molar-refractivity contribution in [3.05, 3.63) is 62.5 Å². The first-order valence-electron chi connectivity index (χ1n) is 10.1. The quantitative estimate of drug-likeness (QED) is 0.552. The zero-order chi connectivity index (χ0) is 20.5. The van der Waals surface area contributed by atoms with E-state index in [1.165, 1.54) is 12.1 Å². The summed E-state index contributed by atoms with van der Waals surface area (Å²) in [5, 5.41) is 11.3. The van der Waals surface area contributed by atoms with Crippen LogP contribution in [0.2, 0.25) is 0 Å². The molecule has 2 aliphatic carbocycles. The van der Waals surface area contributed by atoms with Gasteiger partial charge in [0.05, 0.1) is 4.92 Å². The summed E-state index contributed by atoms with van der Waals surface area (Å²) in [6, 6.07) is 6.35. The summed E-state index contributed by atoms with van der Waals surface area (Å²) in [5.74, 6) is -0.485. The van der Waals surface area contributed by atoms with Crippen LogP contribution < -0.4 is 0 Å². The number of non-ortho nitro benzene ring substituents is 1. The topological polar surface area (TPSA) is 89.8 Å². The van der Waals surface area contributed by atoms with Gasteiger partial charge in [0.2, 0.25) is 0 Å². The van der Waals surface area contributed by atoms with Crippen LogP contribution in [0.5, 0.6) is 0 Å². The van der Waals surface area contributed by atoms with E-state index in [0.29, 0.717) is 42.9 Å². The van der Waals surface area contributed by atoms with Gasteiger partial charge in [0.1, 0.15) is 6.73 Å². The molecule has 1 aromatic carbocycles. The fourth-order valence-electron chi connectivity index (χ4n) is 4.71. The van der Waals surface area contributed by atoms with Gasteiger partial charge in [-0.05, 0) is 38.2 Å². The SMILES string of the molecule is CCOCN1C2=C(C(=O)CCC2)C(c2cccc([N+](=O)[O-])c2)C2=C1CCCC2=O. The summed E-state index contributed by atoms with van der Waals surface area (Å²) in [5.41, 5.74) is 3.67. The zero-order valence-corrected chi connectivity index (χ0v) is 16.5. The van der Waals surface area contributed by atoms with Crippen molar-refractivity contribution in [2.75, 3.05) is 13.3 Å². The molecule has 0 aromatic heterocycles.